The quantitative estimate of drug-likeness (QED) is 0.933. The maximum atomic E-state index is 13.4. The van der Waals surface area contributed by atoms with Crippen molar-refractivity contribution in [3.8, 4) is 0 Å². The Labute approximate surface area is 145 Å². The van der Waals surface area contributed by atoms with E-state index < -0.39 is 11.7 Å². The molecule has 0 spiro atoms. The van der Waals surface area contributed by atoms with Crippen LogP contribution in [0.2, 0.25) is 0 Å². The second-order valence-corrected chi connectivity index (χ2v) is 5.90. The maximum absolute atomic E-state index is 13.4. The number of halogens is 1. The van der Waals surface area contributed by atoms with Gasteiger partial charge in [0.1, 0.15) is 5.82 Å². The molecular weight excluding hydrogens is 323 g/mol. The fourth-order valence-corrected chi connectivity index (χ4v) is 2.72. The highest BCUT2D eigenvalue weighted by Crippen LogP contribution is 2.17. The van der Waals surface area contributed by atoms with Crippen LogP contribution in [-0.4, -0.2) is 43.0 Å². The summed E-state index contributed by atoms with van der Waals surface area (Å²) < 4.78 is 18.6. The van der Waals surface area contributed by atoms with Crippen LogP contribution >= 0.6 is 0 Å². The van der Waals surface area contributed by atoms with Crippen LogP contribution in [0.15, 0.2) is 42.5 Å². The van der Waals surface area contributed by atoms with E-state index in [1.807, 2.05) is 0 Å². The Hall–Kier alpha value is -2.73. The van der Waals surface area contributed by atoms with Gasteiger partial charge in [-0.25, -0.2) is 4.39 Å². The minimum absolute atomic E-state index is 0.0960. The number of nitrogens with zero attached hydrogens (tertiary/aromatic N) is 1. The third-order valence-electron chi connectivity index (χ3n) is 4.11. The Morgan fingerprint density at radius 3 is 2.64 bits per heavy atom. The molecule has 0 radical (unpaired) electrons. The number of hydrogen-bond acceptors (Lipinski definition) is 3. The summed E-state index contributed by atoms with van der Waals surface area (Å²) in [4.78, 5) is 26.6. The summed E-state index contributed by atoms with van der Waals surface area (Å²) in [6, 6.07) is 10.8. The number of nitrogens with one attached hydrogen (secondary N) is 1. The number of aryl methyl sites for hydroxylation is 1. The lowest BCUT2D eigenvalue weighted by Crippen LogP contribution is -2.40. The SMILES string of the molecule is Cc1ccc(F)cc1C(=O)Nc1cccc(C(=O)N2CCOCC2)c1. The van der Waals surface area contributed by atoms with Gasteiger partial charge in [0.25, 0.3) is 11.8 Å². The average Bonchev–Trinajstić information content (AvgIpc) is 2.64. The Bertz CT molecular complexity index is 801. The lowest BCUT2D eigenvalue weighted by molar-refractivity contribution is 0.0303. The minimum atomic E-state index is -0.466. The van der Waals surface area contributed by atoms with Crippen molar-refractivity contribution in [1.82, 2.24) is 4.90 Å². The smallest absolute Gasteiger partial charge is 0.256 e. The molecule has 0 aromatic heterocycles. The van der Waals surface area contributed by atoms with Crippen LogP contribution in [0.25, 0.3) is 0 Å². The first kappa shape index (κ1) is 17.1. The van der Waals surface area contributed by atoms with Crippen molar-refractivity contribution in [2.24, 2.45) is 0 Å². The minimum Gasteiger partial charge on any atom is -0.378 e. The number of morpholine rings is 1. The number of rotatable bonds is 3. The summed E-state index contributed by atoms with van der Waals surface area (Å²) >= 11 is 0. The van der Waals surface area contributed by atoms with E-state index in [2.05, 4.69) is 5.32 Å². The average molecular weight is 342 g/mol. The second-order valence-electron chi connectivity index (χ2n) is 5.90. The van der Waals surface area contributed by atoms with Gasteiger partial charge in [-0.15, -0.1) is 0 Å². The van der Waals surface area contributed by atoms with Gasteiger partial charge in [-0.1, -0.05) is 12.1 Å². The van der Waals surface area contributed by atoms with E-state index >= 15 is 0 Å². The van der Waals surface area contributed by atoms with E-state index in [0.29, 0.717) is 43.1 Å². The predicted molar refractivity (Wildman–Crippen MR) is 92.3 cm³/mol. The number of benzene rings is 2. The number of hydrogen-bond donors (Lipinski definition) is 1. The molecule has 1 fully saturated rings. The Morgan fingerprint density at radius 2 is 1.88 bits per heavy atom. The third-order valence-corrected chi connectivity index (χ3v) is 4.11. The van der Waals surface area contributed by atoms with Crippen LogP contribution in [0.4, 0.5) is 10.1 Å². The molecule has 2 aromatic rings. The number of ether oxygens (including phenoxy) is 1. The largest absolute Gasteiger partial charge is 0.378 e. The van der Waals surface area contributed by atoms with E-state index in [-0.39, 0.29) is 11.5 Å². The van der Waals surface area contributed by atoms with Gasteiger partial charge in [-0.3, -0.25) is 9.59 Å². The predicted octanol–water partition coefficient (Wildman–Crippen LogP) is 2.86. The van der Waals surface area contributed by atoms with E-state index in [1.54, 1.807) is 42.2 Å². The number of amides is 2. The Morgan fingerprint density at radius 1 is 1.12 bits per heavy atom. The van der Waals surface area contributed by atoms with Crippen LogP contribution in [0.1, 0.15) is 26.3 Å². The van der Waals surface area contributed by atoms with Crippen molar-refractivity contribution in [2.75, 3.05) is 31.6 Å². The molecule has 1 aliphatic heterocycles. The van der Waals surface area contributed by atoms with E-state index in [4.69, 9.17) is 4.74 Å². The zero-order valence-corrected chi connectivity index (χ0v) is 13.9. The van der Waals surface area contributed by atoms with Gasteiger partial charge in [0.15, 0.2) is 0 Å². The molecule has 0 aliphatic carbocycles. The first-order valence-electron chi connectivity index (χ1n) is 8.09. The molecule has 0 atom stereocenters. The lowest BCUT2D eigenvalue weighted by Gasteiger charge is -2.27. The van der Waals surface area contributed by atoms with E-state index in [1.165, 1.54) is 12.1 Å². The van der Waals surface area contributed by atoms with Crippen LogP contribution in [0.5, 0.6) is 0 Å². The summed E-state index contributed by atoms with van der Waals surface area (Å²) in [5.41, 5.74) is 1.94. The van der Waals surface area contributed by atoms with Crippen molar-refractivity contribution >= 4 is 17.5 Å². The molecule has 2 amide bonds. The van der Waals surface area contributed by atoms with Crippen molar-refractivity contribution < 1.29 is 18.7 Å². The summed E-state index contributed by atoms with van der Waals surface area (Å²) in [7, 11) is 0. The number of carbonyl (C=O) groups excluding carboxylic acids is 2. The summed E-state index contributed by atoms with van der Waals surface area (Å²) in [5.74, 6) is -0.971. The highest BCUT2D eigenvalue weighted by molar-refractivity contribution is 6.06. The van der Waals surface area contributed by atoms with Crippen molar-refractivity contribution in [3.63, 3.8) is 0 Å². The molecule has 2 aromatic carbocycles. The number of carbonyl (C=O) groups is 2. The normalized spacial score (nSPS) is 14.2. The van der Waals surface area contributed by atoms with Crippen molar-refractivity contribution in [2.45, 2.75) is 6.92 Å². The van der Waals surface area contributed by atoms with Gasteiger partial charge in [0.05, 0.1) is 13.2 Å². The standard InChI is InChI=1S/C19H19FN2O3/c1-13-5-6-15(20)12-17(13)18(23)21-16-4-2-3-14(11-16)19(24)22-7-9-25-10-8-22/h2-6,11-12H,7-10H2,1H3,(H,21,23). The third kappa shape index (κ3) is 4.03. The van der Waals surface area contributed by atoms with E-state index in [0.717, 1.165) is 0 Å². The highest BCUT2D eigenvalue weighted by Gasteiger charge is 2.19. The van der Waals surface area contributed by atoms with Crippen LogP contribution in [-0.2, 0) is 4.74 Å². The monoisotopic (exact) mass is 342 g/mol. The fourth-order valence-electron chi connectivity index (χ4n) is 2.72. The van der Waals surface area contributed by atoms with E-state index in [9.17, 15) is 14.0 Å². The molecule has 3 rings (SSSR count). The van der Waals surface area contributed by atoms with Gasteiger partial charge in [-0.05, 0) is 42.8 Å². The molecule has 25 heavy (non-hydrogen) atoms. The highest BCUT2D eigenvalue weighted by atomic mass is 19.1. The summed E-state index contributed by atoms with van der Waals surface area (Å²) in [5, 5.41) is 2.72. The molecule has 1 saturated heterocycles. The molecule has 130 valence electrons. The summed E-state index contributed by atoms with van der Waals surface area (Å²) in [6.07, 6.45) is 0. The summed E-state index contributed by atoms with van der Waals surface area (Å²) in [6.45, 7) is 3.91. The van der Waals surface area contributed by atoms with Crippen LogP contribution < -0.4 is 5.32 Å². The second kappa shape index (κ2) is 7.44. The Kier molecular flexibility index (Phi) is 5.09. The molecule has 1 N–H and O–H groups in total. The molecule has 6 heteroatoms. The number of anilines is 1. The molecule has 0 unspecified atom stereocenters. The van der Waals surface area contributed by atoms with Gasteiger partial charge in [-0.2, -0.15) is 0 Å². The van der Waals surface area contributed by atoms with Gasteiger partial charge < -0.3 is 15.0 Å². The van der Waals surface area contributed by atoms with Gasteiger partial charge >= 0.3 is 0 Å². The lowest BCUT2D eigenvalue weighted by atomic mass is 10.1. The van der Waals surface area contributed by atoms with Gasteiger partial charge in [0, 0.05) is 29.9 Å². The first-order chi connectivity index (χ1) is 12.0. The molecule has 0 bridgehead atoms. The van der Waals surface area contributed by atoms with Crippen molar-refractivity contribution in [1.29, 1.82) is 0 Å². The van der Waals surface area contributed by atoms with Gasteiger partial charge in [0.2, 0.25) is 0 Å². The molecule has 1 heterocycles. The topological polar surface area (TPSA) is 58.6 Å². The molecular formula is C19H19FN2O3. The zero-order valence-electron chi connectivity index (χ0n) is 13.9. The first-order valence-corrected chi connectivity index (χ1v) is 8.09. The van der Waals surface area contributed by atoms with Crippen LogP contribution in [0.3, 0.4) is 0 Å². The molecule has 5 nitrogen and oxygen atoms in total. The fraction of sp³-hybridized carbons (Fsp3) is 0.263. The van der Waals surface area contributed by atoms with Crippen molar-refractivity contribution in [3.05, 3.63) is 65.0 Å². The van der Waals surface area contributed by atoms with Crippen LogP contribution in [0, 0.1) is 12.7 Å². The molecule has 0 saturated carbocycles. The molecule has 1 aliphatic rings. The maximum Gasteiger partial charge on any atom is 0.256 e. The zero-order chi connectivity index (χ0) is 17.8. The Balaban J connectivity index is 1.76.